The molecule has 1 aliphatic rings. The molecule has 0 N–H and O–H groups in total. The topological polar surface area (TPSA) is 41.5 Å². The second-order valence-electron chi connectivity index (χ2n) is 6.22. The number of ether oxygens (including phenoxy) is 1. The molecule has 0 radical (unpaired) electrons. The highest BCUT2D eigenvalue weighted by molar-refractivity contribution is 9.11. The van der Waals surface area contributed by atoms with Crippen molar-refractivity contribution in [2.24, 2.45) is 0 Å². The molecule has 0 bridgehead atoms. The van der Waals surface area contributed by atoms with Crippen LogP contribution in [0.5, 0.6) is 11.6 Å². The molecule has 0 spiro atoms. The number of rotatable bonds is 5. The minimum absolute atomic E-state index is 0.293. The van der Waals surface area contributed by atoms with Gasteiger partial charge in [0.05, 0.1) is 3.79 Å². The zero-order valence-electron chi connectivity index (χ0n) is 14.5. The minimum atomic E-state index is -0.293. The van der Waals surface area contributed by atoms with Crippen LogP contribution in [0, 0.1) is 5.82 Å². The predicted octanol–water partition coefficient (Wildman–Crippen LogP) is 4.55. The average molecular weight is 449 g/mol. The standard InChI is InChI=1S/C19H18BrFN4OS/c20-17-6-5-16(27-17)13-24-9-11-25(12-10-24)19-22-8-7-18(23-19)26-15-3-1-14(21)2-4-15/h1-8H,9-13H2. The van der Waals surface area contributed by atoms with Crippen molar-refractivity contribution in [3.63, 3.8) is 0 Å². The number of anilines is 1. The molecule has 1 fully saturated rings. The van der Waals surface area contributed by atoms with E-state index in [2.05, 4.69) is 47.8 Å². The van der Waals surface area contributed by atoms with Crippen molar-refractivity contribution in [2.75, 3.05) is 31.1 Å². The third kappa shape index (κ3) is 4.82. The normalized spacial score (nSPS) is 15.1. The maximum absolute atomic E-state index is 13.0. The second kappa shape index (κ2) is 8.33. The first kappa shape index (κ1) is 18.3. The zero-order valence-corrected chi connectivity index (χ0v) is 16.9. The average Bonchev–Trinajstić information content (AvgIpc) is 3.09. The van der Waals surface area contributed by atoms with E-state index in [9.17, 15) is 4.39 Å². The summed E-state index contributed by atoms with van der Waals surface area (Å²) < 4.78 is 19.9. The molecule has 0 atom stereocenters. The number of benzene rings is 1. The molecule has 0 saturated carbocycles. The van der Waals surface area contributed by atoms with Crippen molar-refractivity contribution in [3.8, 4) is 11.6 Å². The van der Waals surface area contributed by atoms with Crippen LogP contribution in [0.3, 0.4) is 0 Å². The lowest BCUT2D eigenvalue weighted by Gasteiger charge is -2.34. The van der Waals surface area contributed by atoms with Gasteiger partial charge in [-0.3, -0.25) is 4.90 Å². The number of thiophene rings is 1. The Morgan fingerprint density at radius 1 is 1.04 bits per heavy atom. The smallest absolute Gasteiger partial charge is 0.228 e. The lowest BCUT2D eigenvalue weighted by atomic mass is 10.3. The monoisotopic (exact) mass is 448 g/mol. The Kier molecular flexibility index (Phi) is 5.66. The van der Waals surface area contributed by atoms with Gasteiger partial charge in [-0.25, -0.2) is 9.37 Å². The van der Waals surface area contributed by atoms with E-state index in [1.807, 2.05) is 0 Å². The fourth-order valence-corrected chi connectivity index (χ4v) is 4.45. The van der Waals surface area contributed by atoms with E-state index in [4.69, 9.17) is 4.74 Å². The van der Waals surface area contributed by atoms with Gasteiger partial charge in [-0.05, 0) is 52.3 Å². The van der Waals surface area contributed by atoms with Crippen molar-refractivity contribution in [2.45, 2.75) is 6.54 Å². The highest BCUT2D eigenvalue weighted by Crippen LogP contribution is 2.25. The van der Waals surface area contributed by atoms with Crippen LogP contribution in [0.4, 0.5) is 10.3 Å². The summed E-state index contributed by atoms with van der Waals surface area (Å²) in [5, 5.41) is 0. The molecule has 3 aromatic rings. The zero-order chi connectivity index (χ0) is 18.6. The summed E-state index contributed by atoms with van der Waals surface area (Å²) in [6.45, 7) is 4.63. The van der Waals surface area contributed by atoms with Gasteiger partial charge >= 0.3 is 0 Å². The number of hydrogen-bond acceptors (Lipinski definition) is 6. The van der Waals surface area contributed by atoms with Crippen molar-refractivity contribution in [1.29, 1.82) is 0 Å². The van der Waals surface area contributed by atoms with Gasteiger partial charge in [0.25, 0.3) is 0 Å². The van der Waals surface area contributed by atoms with Crippen LogP contribution < -0.4 is 9.64 Å². The number of aromatic nitrogens is 2. The van der Waals surface area contributed by atoms with E-state index >= 15 is 0 Å². The van der Waals surface area contributed by atoms with Crippen LogP contribution in [-0.4, -0.2) is 41.0 Å². The van der Waals surface area contributed by atoms with Crippen LogP contribution >= 0.6 is 27.3 Å². The van der Waals surface area contributed by atoms with E-state index in [1.54, 1.807) is 35.7 Å². The van der Waals surface area contributed by atoms with E-state index in [0.29, 0.717) is 17.6 Å². The SMILES string of the molecule is Fc1ccc(Oc2ccnc(N3CCN(Cc4ccc(Br)s4)CC3)n2)cc1. The summed E-state index contributed by atoms with van der Waals surface area (Å²) >= 11 is 5.29. The molecule has 0 amide bonds. The molecule has 2 aromatic heterocycles. The van der Waals surface area contributed by atoms with E-state index in [1.165, 1.54) is 20.8 Å². The van der Waals surface area contributed by atoms with E-state index in [0.717, 1.165) is 32.7 Å². The first-order chi connectivity index (χ1) is 13.2. The molecule has 5 nitrogen and oxygen atoms in total. The maximum atomic E-state index is 13.0. The predicted molar refractivity (Wildman–Crippen MR) is 108 cm³/mol. The summed E-state index contributed by atoms with van der Waals surface area (Å²) in [6, 6.07) is 11.9. The molecule has 1 saturated heterocycles. The van der Waals surface area contributed by atoms with Gasteiger partial charge < -0.3 is 9.64 Å². The summed E-state index contributed by atoms with van der Waals surface area (Å²) in [7, 11) is 0. The third-order valence-electron chi connectivity index (χ3n) is 4.32. The Bertz CT molecular complexity index is 897. The minimum Gasteiger partial charge on any atom is -0.439 e. The van der Waals surface area contributed by atoms with Gasteiger partial charge in [0.1, 0.15) is 11.6 Å². The molecule has 3 heterocycles. The summed E-state index contributed by atoms with van der Waals surface area (Å²) in [5.41, 5.74) is 0. The lowest BCUT2D eigenvalue weighted by molar-refractivity contribution is 0.250. The van der Waals surface area contributed by atoms with Gasteiger partial charge in [-0.2, -0.15) is 4.98 Å². The van der Waals surface area contributed by atoms with Gasteiger partial charge in [-0.15, -0.1) is 11.3 Å². The quantitative estimate of drug-likeness (QED) is 0.572. The highest BCUT2D eigenvalue weighted by atomic mass is 79.9. The Labute approximate surface area is 169 Å². The van der Waals surface area contributed by atoms with E-state index < -0.39 is 0 Å². The van der Waals surface area contributed by atoms with E-state index in [-0.39, 0.29) is 5.82 Å². The summed E-state index contributed by atoms with van der Waals surface area (Å²) in [5.74, 6) is 1.37. The molecule has 8 heteroatoms. The second-order valence-corrected chi connectivity index (χ2v) is 8.77. The van der Waals surface area contributed by atoms with Crippen LogP contribution in [0.2, 0.25) is 0 Å². The van der Waals surface area contributed by atoms with Crippen molar-refractivity contribution in [3.05, 3.63) is 63.1 Å². The first-order valence-electron chi connectivity index (χ1n) is 8.64. The Morgan fingerprint density at radius 3 is 2.52 bits per heavy atom. The van der Waals surface area contributed by atoms with Gasteiger partial charge in [0.15, 0.2) is 0 Å². The largest absolute Gasteiger partial charge is 0.439 e. The Hall–Kier alpha value is -2.03. The molecule has 1 aliphatic heterocycles. The molecular formula is C19H18BrFN4OS. The fourth-order valence-electron chi connectivity index (χ4n) is 2.93. The molecule has 4 rings (SSSR count). The maximum Gasteiger partial charge on any atom is 0.228 e. The Morgan fingerprint density at radius 2 is 1.81 bits per heavy atom. The Balaban J connectivity index is 1.36. The van der Waals surface area contributed by atoms with Crippen molar-refractivity contribution < 1.29 is 9.13 Å². The van der Waals surface area contributed by atoms with Crippen LogP contribution in [-0.2, 0) is 6.54 Å². The molecule has 0 unspecified atom stereocenters. The first-order valence-corrected chi connectivity index (χ1v) is 10.2. The molecule has 27 heavy (non-hydrogen) atoms. The van der Waals surface area contributed by atoms with Gasteiger partial charge in [-0.1, -0.05) is 0 Å². The third-order valence-corrected chi connectivity index (χ3v) is 5.93. The number of halogens is 2. The molecule has 140 valence electrons. The lowest BCUT2D eigenvalue weighted by Crippen LogP contribution is -2.46. The number of hydrogen-bond donors (Lipinski definition) is 0. The molecule has 0 aliphatic carbocycles. The molecule has 1 aromatic carbocycles. The highest BCUT2D eigenvalue weighted by Gasteiger charge is 2.20. The number of piperazine rings is 1. The van der Waals surface area contributed by atoms with Crippen molar-refractivity contribution in [1.82, 2.24) is 14.9 Å². The van der Waals surface area contributed by atoms with Crippen LogP contribution in [0.15, 0.2) is 52.4 Å². The van der Waals surface area contributed by atoms with Crippen molar-refractivity contribution >= 4 is 33.2 Å². The van der Waals surface area contributed by atoms with Gasteiger partial charge in [0.2, 0.25) is 11.8 Å². The molecular weight excluding hydrogens is 431 g/mol. The van der Waals surface area contributed by atoms with Crippen LogP contribution in [0.1, 0.15) is 4.88 Å². The number of nitrogens with zero attached hydrogens (tertiary/aromatic N) is 4. The van der Waals surface area contributed by atoms with Crippen LogP contribution in [0.25, 0.3) is 0 Å². The van der Waals surface area contributed by atoms with Gasteiger partial charge in [0, 0.05) is 49.9 Å². The summed E-state index contributed by atoms with van der Waals surface area (Å²) in [4.78, 5) is 14.9. The fraction of sp³-hybridized carbons (Fsp3) is 0.263. The summed E-state index contributed by atoms with van der Waals surface area (Å²) in [6.07, 6.45) is 1.69.